The van der Waals surface area contributed by atoms with E-state index >= 15 is 0 Å². The number of esters is 2. The van der Waals surface area contributed by atoms with Gasteiger partial charge in [0.15, 0.2) is 0 Å². The summed E-state index contributed by atoms with van der Waals surface area (Å²) < 4.78 is 21.7. The topological polar surface area (TPSA) is 91.4 Å². The summed E-state index contributed by atoms with van der Waals surface area (Å²) in [5, 5.41) is 0. The van der Waals surface area contributed by atoms with Gasteiger partial charge >= 0.3 is 11.9 Å². The van der Waals surface area contributed by atoms with Crippen molar-refractivity contribution in [3.05, 3.63) is 71.8 Å². The molecule has 2 aromatic carbocycles. The molecule has 0 radical (unpaired) electrons. The highest BCUT2D eigenvalue weighted by Gasteiger charge is 2.67. The molecule has 8 nitrogen and oxygen atoms in total. The Labute approximate surface area is 203 Å². The number of ether oxygens (including phenoxy) is 4. The van der Waals surface area contributed by atoms with Crippen LogP contribution < -0.4 is 9.47 Å². The number of carbonyl (C=O) groups excluding carboxylic acids is 3. The largest absolute Gasteiger partial charge is 0.497 e. The van der Waals surface area contributed by atoms with E-state index in [1.165, 1.54) is 7.11 Å². The summed E-state index contributed by atoms with van der Waals surface area (Å²) in [5.41, 5.74) is 1.06. The number of aryl methyl sites for hydroxylation is 1. The van der Waals surface area contributed by atoms with Gasteiger partial charge in [-0.05, 0) is 41.8 Å². The fourth-order valence-electron chi connectivity index (χ4n) is 5.27. The molecule has 3 aliphatic rings. The average Bonchev–Trinajstić information content (AvgIpc) is 3.51. The maximum atomic E-state index is 13.2. The molecule has 2 saturated heterocycles. The minimum atomic E-state index is -0.786. The minimum absolute atomic E-state index is 0.130. The average molecular weight is 478 g/mol. The van der Waals surface area contributed by atoms with Gasteiger partial charge in [-0.1, -0.05) is 36.4 Å². The normalized spacial score (nSPS) is 26.1. The molecule has 0 saturated carbocycles. The third kappa shape index (κ3) is 4.30. The quantitative estimate of drug-likeness (QED) is 0.328. The first-order valence-corrected chi connectivity index (χ1v) is 11.6. The number of nitrogens with zero attached hydrogens (tertiary/aromatic N) is 1. The predicted molar refractivity (Wildman–Crippen MR) is 125 cm³/mol. The van der Waals surface area contributed by atoms with Crippen LogP contribution in [0.25, 0.3) is 0 Å². The second kappa shape index (κ2) is 9.19. The van der Waals surface area contributed by atoms with Gasteiger partial charge in [-0.2, -0.15) is 0 Å². The number of hydrogen-bond acceptors (Lipinski definition) is 7. The molecule has 2 fully saturated rings. The van der Waals surface area contributed by atoms with Gasteiger partial charge in [0, 0.05) is 13.0 Å². The number of carbonyl (C=O) groups is 3. The van der Waals surface area contributed by atoms with Crippen LogP contribution in [0.2, 0.25) is 0 Å². The fraction of sp³-hybridized carbons (Fsp3) is 0.370. The third-order valence-corrected chi connectivity index (χ3v) is 6.93. The number of likely N-dealkylation sites (tertiary alicyclic amines) is 1. The van der Waals surface area contributed by atoms with Crippen LogP contribution in [0.3, 0.4) is 0 Å². The lowest BCUT2D eigenvalue weighted by molar-refractivity contribution is -0.151. The Morgan fingerprint density at radius 1 is 1.09 bits per heavy atom. The van der Waals surface area contributed by atoms with Crippen LogP contribution in [0.15, 0.2) is 60.7 Å². The maximum Gasteiger partial charge on any atom is 0.312 e. The van der Waals surface area contributed by atoms with Crippen LogP contribution in [0.5, 0.6) is 11.5 Å². The van der Waals surface area contributed by atoms with E-state index in [1.807, 2.05) is 42.5 Å². The van der Waals surface area contributed by atoms with Gasteiger partial charge in [-0.25, -0.2) is 0 Å². The molecule has 1 spiro atoms. The molecule has 5 rings (SSSR count). The maximum absolute atomic E-state index is 13.2. The summed E-state index contributed by atoms with van der Waals surface area (Å²) in [6.45, 7) is 0.687. The molecule has 2 aromatic rings. The molecule has 3 aliphatic heterocycles. The summed E-state index contributed by atoms with van der Waals surface area (Å²) in [6, 6.07) is 14.7. The van der Waals surface area contributed by atoms with Gasteiger partial charge in [0.2, 0.25) is 5.91 Å². The molecule has 1 amide bonds. The molecular weight excluding hydrogens is 450 g/mol. The van der Waals surface area contributed by atoms with Crippen molar-refractivity contribution < 1.29 is 33.3 Å². The number of methoxy groups -OCH3 is 2. The van der Waals surface area contributed by atoms with Crippen LogP contribution in [0.4, 0.5) is 0 Å². The van der Waals surface area contributed by atoms with E-state index in [4.69, 9.17) is 18.9 Å². The number of hydrogen-bond donors (Lipinski definition) is 0. The van der Waals surface area contributed by atoms with Gasteiger partial charge in [0.25, 0.3) is 0 Å². The first kappa shape index (κ1) is 23.1. The third-order valence-electron chi connectivity index (χ3n) is 6.93. The van der Waals surface area contributed by atoms with Crippen LogP contribution in [0.1, 0.15) is 17.5 Å². The summed E-state index contributed by atoms with van der Waals surface area (Å²) in [5.74, 6) is -0.899. The van der Waals surface area contributed by atoms with Gasteiger partial charge in [-0.3, -0.25) is 14.4 Å². The molecule has 2 bridgehead atoms. The second-order valence-corrected chi connectivity index (χ2v) is 9.09. The smallest absolute Gasteiger partial charge is 0.312 e. The van der Waals surface area contributed by atoms with Crippen LogP contribution in [-0.2, 0) is 36.8 Å². The Bertz CT molecular complexity index is 1170. The summed E-state index contributed by atoms with van der Waals surface area (Å²) in [4.78, 5) is 39.6. The van der Waals surface area contributed by atoms with Crippen LogP contribution in [0, 0.1) is 11.8 Å². The van der Waals surface area contributed by atoms with Crippen molar-refractivity contribution in [1.82, 2.24) is 4.90 Å². The standard InChI is InChI=1S/C27H27NO7/c1-32-19-9-6-17(7-10-19)8-11-22(29)34-20-5-3-4-18(14-20)15-28-16-27-13-12-21(35-27)23(26(31)33-2)24(27)25(28)30/h3-7,9-10,12-14,21,23-24H,8,11,15-16H2,1-2H3/t21-,23+,24-,27+/m1/s1. The highest BCUT2D eigenvalue weighted by Crippen LogP contribution is 2.52. The van der Waals surface area contributed by atoms with E-state index in [0.717, 1.165) is 16.9 Å². The lowest BCUT2D eigenvalue weighted by Gasteiger charge is -2.22. The second-order valence-electron chi connectivity index (χ2n) is 9.09. The first-order chi connectivity index (χ1) is 16.9. The highest BCUT2D eigenvalue weighted by atomic mass is 16.5. The van der Waals surface area contributed by atoms with E-state index in [9.17, 15) is 14.4 Å². The molecule has 3 heterocycles. The molecule has 0 aromatic heterocycles. The van der Waals surface area contributed by atoms with Gasteiger partial charge in [-0.15, -0.1) is 0 Å². The predicted octanol–water partition coefficient (Wildman–Crippen LogP) is 2.69. The number of rotatable bonds is 8. The van der Waals surface area contributed by atoms with Gasteiger partial charge in [0.05, 0.1) is 32.8 Å². The summed E-state index contributed by atoms with van der Waals surface area (Å²) in [7, 11) is 2.94. The number of amides is 1. The molecule has 182 valence electrons. The van der Waals surface area contributed by atoms with Crippen LogP contribution >= 0.6 is 0 Å². The van der Waals surface area contributed by atoms with E-state index < -0.39 is 29.5 Å². The monoisotopic (exact) mass is 477 g/mol. The van der Waals surface area contributed by atoms with Crippen molar-refractivity contribution in [2.24, 2.45) is 11.8 Å². The molecule has 8 heteroatoms. The Morgan fingerprint density at radius 3 is 2.63 bits per heavy atom. The van der Waals surface area contributed by atoms with E-state index in [1.54, 1.807) is 30.2 Å². The zero-order chi connectivity index (χ0) is 24.6. The van der Waals surface area contributed by atoms with E-state index in [0.29, 0.717) is 25.3 Å². The van der Waals surface area contributed by atoms with Crippen molar-refractivity contribution in [1.29, 1.82) is 0 Å². The summed E-state index contributed by atoms with van der Waals surface area (Å²) >= 11 is 0. The summed E-state index contributed by atoms with van der Waals surface area (Å²) in [6.07, 6.45) is 4.14. The fourth-order valence-corrected chi connectivity index (χ4v) is 5.27. The van der Waals surface area contributed by atoms with Crippen LogP contribution in [-0.4, -0.2) is 55.2 Å². The zero-order valence-electron chi connectivity index (χ0n) is 19.6. The van der Waals surface area contributed by atoms with Crippen molar-refractivity contribution in [2.75, 3.05) is 20.8 Å². The van der Waals surface area contributed by atoms with Gasteiger partial charge < -0.3 is 23.8 Å². The molecule has 4 atom stereocenters. The number of benzene rings is 2. The molecule has 0 unspecified atom stereocenters. The first-order valence-electron chi connectivity index (χ1n) is 11.6. The Morgan fingerprint density at radius 2 is 1.89 bits per heavy atom. The van der Waals surface area contributed by atoms with Crippen molar-refractivity contribution in [3.63, 3.8) is 0 Å². The van der Waals surface area contributed by atoms with Crippen molar-refractivity contribution >= 4 is 17.8 Å². The molecule has 0 N–H and O–H groups in total. The lowest BCUT2D eigenvalue weighted by atomic mass is 9.77. The van der Waals surface area contributed by atoms with Gasteiger partial charge in [0.1, 0.15) is 23.0 Å². The van der Waals surface area contributed by atoms with E-state index in [2.05, 4.69) is 0 Å². The zero-order valence-corrected chi connectivity index (χ0v) is 19.6. The Balaban J connectivity index is 1.20. The Hall–Kier alpha value is -3.65. The number of fused-ring (bicyclic) bond motifs is 1. The minimum Gasteiger partial charge on any atom is -0.497 e. The SMILES string of the molecule is COC(=O)[C@H]1[C@H]2C=C[C@@]3(CN(Cc4cccc(OC(=O)CCc5ccc(OC)cc5)c4)C(=O)[C@@H]13)O2. The van der Waals surface area contributed by atoms with Crippen molar-refractivity contribution in [3.8, 4) is 11.5 Å². The molecule has 35 heavy (non-hydrogen) atoms. The van der Waals surface area contributed by atoms with Crippen molar-refractivity contribution in [2.45, 2.75) is 31.1 Å². The molecule has 0 aliphatic carbocycles. The van der Waals surface area contributed by atoms with E-state index in [-0.39, 0.29) is 18.3 Å². The lowest BCUT2D eigenvalue weighted by Crippen LogP contribution is -2.39. The highest BCUT2D eigenvalue weighted by molar-refractivity contribution is 5.91. The Kier molecular flexibility index (Phi) is 6.06. The molecular formula is C27H27NO7.